The summed E-state index contributed by atoms with van der Waals surface area (Å²) in [5.74, 6) is 1.97. The lowest BCUT2D eigenvalue weighted by atomic mass is 9.95. The number of fused-ring (bicyclic) bond motifs is 1. The quantitative estimate of drug-likeness (QED) is 0.662. The van der Waals surface area contributed by atoms with Crippen molar-refractivity contribution in [1.29, 1.82) is 0 Å². The van der Waals surface area contributed by atoms with E-state index < -0.39 is 0 Å². The van der Waals surface area contributed by atoms with E-state index in [0.717, 1.165) is 68.8 Å². The molecule has 6 rings (SSSR count). The first-order valence-corrected chi connectivity index (χ1v) is 14.2. The Bertz CT molecular complexity index is 1170. The third-order valence-corrected chi connectivity index (χ3v) is 8.87. The normalized spacial score (nSPS) is 22.2. The zero-order chi connectivity index (χ0) is 25.4. The number of nitrogens with one attached hydrogen (secondary N) is 1. The van der Waals surface area contributed by atoms with E-state index in [1.54, 1.807) is 11.8 Å². The van der Waals surface area contributed by atoms with Gasteiger partial charge in [-0.3, -0.25) is 4.79 Å². The molecular formula is C28H35N7OS. The maximum absolute atomic E-state index is 13.2. The molecule has 1 aromatic carbocycles. The van der Waals surface area contributed by atoms with Crippen LogP contribution in [0.25, 0.3) is 5.70 Å². The third kappa shape index (κ3) is 5.01. The number of benzene rings is 1. The van der Waals surface area contributed by atoms with Gasteiger partial charge in [-0.2, -0.15) is 0 Å². The van der Waals surface area contributed by atoms with Crippen LogP contribution in [0.5, 0.6) is 0 Å². The maximum Gasteiger partial charge on any atom is 0.225 e. The minimum absolute atomic E-state index is 0.101. The van der Waals surface area contributed by atoms with E-state index in [9.17, 15) is 4.79 Å². The van der Waals surface area contributed by atoms with Crippen molar-refractivity contribution < 1.29 is 4.79 Å². The smallest absolute Gasteiger partial charge is 0.225 e. The molecule has 9 heteroatoms. The summed E-state index contributed by atoms with van der Waals surface area (Å²) in [6.45, 7) is 9.43. The molecule has 0 radical (unpaired) electrons. The van der Waals surface area contributed by atoms with Crippen molar-refractivity contribution in [3.63, 3.8) is 0 Å². The largest absolute Gasteiger partial charge is 0.353 e. The van der Waals surface area contributed by atoms with Gasteiger partial charge in [0.1, 0.15) is 5.82 Å². The van der Waals surface area contributed by atoms with E-state index >= 15 is 0 Å². The summed E-state index contributed by atoms with van der Waals surface area (Å²) in [5.41, 5.74) is 3.76. The van der Waals surface area contributed by atoms with Crippen molar-refractivity contribution in [2.75, 3.05) is 44.2 Å². The summed E-state index contributed by atoms with van der Waals surface area (Å²) >= 11 is 1.76. The Balaban J connectivity index is 0.999. The van der Waals surface area contributed by atoms with Crippen LogP contribution >= 0.6 is 11.8 Å². The molecule has 194 valence electrons. The number of nitrogens with zero attached hydrogens (tertiary/aromatic N) is 6. The van der Waals surface area contributed by atoms with Crippen LogP contribution in [0.4, 0.5) is 5.82 Å². The second kappa shape index (κ2) is 10.3. The van der Waals surface area contributed by atoms with Crippen molar-refractivity contribution in [1.82, 2.24) is 25.1 Å². The van der Waals surface area contributed by atoms with Gasteiger partial charge in [-0.1, -0.05) is 44.2 Å². The monoisotopic (exact) mass is 517 g/mol. The van der Waals surface area contributed by atoms with Gasteiger partial charge in [-0.05, 0) is 53.8 Å². The topological polar surface area (TPSA) is 67.3 Å². The highest BCUT2D eigenvalue weighted by Gasteiger charge is 2.37. The van der Waals surface area contributed by atoms with Crippen LogP contribution in [0, 0.1) is 5.92 Å². The second-order valence-corrected chi connectivity index (χ2v) is 11.5. The van der Waals surface area contributed by atoms with Gasteiger partial charge in [-0.25, -0.2) is 9.99 Å². The zero-order valence-corrected chi connectivity index (χ0v) is 22.4. The Hall–Kier alpha value is -3.20. The molecule has 2 fully saturated rings. The lowest BCUT2D eigenvalue weighted by molar-refractivity contribution is -0.137. The molecular weight excluding hydrogens is 482 g/mol. The summed E-state index contributed by atoms with van der Waals surface area (Å²) in [6.07, 6.45) is 5.71. The fourth-order valence-electron chi connectivity index (χ4n) is 5.44. The molecule has 5 heterocycles. The summed E-state index contributed by atoms with van der Waals surface area (Å²) in [5, 5.41) is 11.6. The number of amidine groups is 1. The van der Waals surface area contributed by atoms with E-state index in [-0.39, 0.29) is 11.4 Å². The standard InChI is InChI=1S/C28H35N7OS/c1-20(2)21-6-8-22(9-7-21)24-19-35-27(30-24)37-28(31-35)34-13-10-23(11-14-34)26(36)33-17-15-32(16-18-33)25-5-3-4-12-29-25/h3-9,12,19-20,23,27,30H,10-11,13-18H2,1-2H3. The van der Waals surface area contributed by atoms with Gasteiger partial charge in [0, 0.05) is 51.4 Å². The number of piperazine rings is 1. The van der Waals surface area contributed by atoms with Crippen LogP contribution in [0.3, 0.4) is 0 Å². The molecule has 0 saturated carbocycles. The molecule has 0 aliphatic carbocycles. The molecule has 2 saturated heterocycles. The number of hydrogen-bond donors (Lipinski definition) is 1. The number of carbonyl (C=O) groups is 1. The summed E-state index contributed by atoms with van der Waals surface area (Å²) in [6, 6.07) is 14.8. The fourth-order valence-corrected chi connectivity index (χ4v) is 6.51. The summed E-state index contributed by atoms with van der Waals surface area (Å²) < 4.78 is 0. The van der Waals surface area contributed by atoms with Gasteiger partial charge < -0.3 is 20.0 Å². The number of piperidine rings is 1. The van der Waals surface area contributed by atoms with E-state index in [2.05, 4.69) is 69.3 Å². The highest BCUT2D eigenvalue weighted by Crippen LogP contribution is 2.35. The van der Waals surface area contributed by atoms with Crippen molar-refractivity contribution in [2.45, 2.75) is 38.1 Å². The van der Waals surface area contributed by atoms with E-state index in [1.165, 1.54) is 11.1 Å². The van der Waals surface area contributed by atoms with Crippen molar-refractivity contribution in [3.8, 4) is 0 Å². The van der Waals surface area contributed by atoms with Gasteiger partial charge in [0.2, 0.25) is 5.91 Å². The van der Waals surface area contributed by atoms with Crippen LogP contribution < -0.4 is 10.2 Å². The molecule has 4 aliphatic rings. The molecule has 4 aliphatic heterocycles. The summed E-state index contributed by atoms with van der Waals surface area (Å²) in [7, 11) is 0. The number of anilines is 1. The zero-order valence-electron chi connectivity index (χ0n) is 21.6. The SMILES string of the molecule is CC(C)c1ccc(C2=CN3N=C(N4CCC(C(=O)N5CCN(c6ccccn6)CC5)CC4)SC3N2)cc1. The molecule has 1 aromatic heterocycles. The maximum atomic E-state index is 13.2. The van der Waals surface area contributed by atoms with E-state index in [0.29, 0.717) is 11.8 Å². The minimum atomic E-state index is 0.101. The number of hydrazone groups is 1. The second-order valence-electron chi connectivity index (χ2n) is 10.5. The number of likely N-dealkylation sites (tertiary alicyclic amines) is 1. The van der Waals surface area contributed by atoms with Crippen LogP contribution in [-0.2, 0) is 4.79 Å². The number of thioether (sulfide) groups is 1. The van der Waals surface area contributed by atoms with Gasteiger partial charge in [0.05, 0.1) is 11.9 Å². The van der Waals surface area contributed by atoms with E-state index in [1.807, 2.05) is 29.4 Å². The van der Waals surface area contributed by atoms with Crippen molar-refractivity contribution in [3.05, 3.63) is 66.0 Å². The first-order valence-electron chi connectivity index (χ1n) is 13.4. The van der Waals surface area contributed by atoms with Gasteiger partial charge in [-0.15, -0.1) is 5.10 Å². The Kier molecular flexibility index (Phi) is 6.71. The number of rotatable bonds is 4. The predicted molar refractivity (Wildman–Crippen MR) is 150 cm³/mol. The minimum Gasteiger partial charge on any atom is -0.353 e. The van der Waals surface area contributed by atoms with Crippen LogP contribution in [0.2, 0.25) is 0 Å². The number of hydrogen-bond acceptors (Lipinski definition) is 8. The number of carbonyl (C=O) groups excluding carboxylic acids is 1. The molecule has 1 N–H and O–H groups in total. The van der Waals surface area contributed by atoms with Gasteiger partial charge in [0.25, 0.3) is 0 Å². The molecule has 1 amide bonds. The first-order chi connectivity index (χ1) is 18.0. The molecule has 0 spiro atoms. The highest BCUT2D eigenvalue weighted by molar-refractivity contribution is 8.14. The Morgan fingerprint density at radius 2 is 1.73 bits per heavy atom. The van der Waals surface area contributed by atoms with Crippen molar-refractivity contribution >= 4 is 34.4 Å². The Morgan fingerprint density at radius 1 is 0.973 bits per heavy atom. The average molecular weight is 518 g/mol. The van der Waals surface area contributed by atoms with Gasteiger partial charge >= 0.3 is 0 Å². The Labute approximate surface area is 223 Å². The average Bonchev–Trinajstić information content (AvgIpc) is 3.53. The number of pyridine rings is 1. The van der Waals surface area contributed by atoms with Crippen molar-refractivity contribution in [2.24, 2.45) is 11.0 Å². The molecule has 1 unspecified atom stereocenters. The lowest BCUT2D eigenvalue weighted by Gasteiger charge is -2.39. The third-order valence-electron chi connectivity index (χ3n) is 7.77. The molecule has 0 bridgehead atoms. The predicted octanol–water partition coefficient (Wildman–Crippen LogP) is 3.77. The molecule has 37 heavy (non-hydrogen) atoms. The van der Waals surface area contributed by atoms with Gasteiger partial charge in [0.15, 0.2) is 10.7 Å². The number of amides is 1. The van der Waals surface area contributed by atoms with Crippen LogP contribution in [0.15, 0.2) is 60.0 Å². The lowest BCUT2D eigenvalue weighted by Crippen LogP contribution is -2.52. The highest BCUT2D eigenvalue weighted by atomic mass is 32.2. The van der Waals surface area contributed by atoms with Crippen LogP contribution in [0.1, 0.15) is 43.7 Å². The molecule has 1 atom stereocenters. The fraction of sp³-hybridized carbons (Fsp3) is 0.464. The first kappa shape index (κ1) is 24.2. The van der Waals surface area contributed by atoms with Crippen LogP contribution in [-0.4, -0.2) is 75.6 Å². The summed E-state index contributed by atoms with van der Waals surface area (Å²) in [4.78, 5) is 24.3. The Morgan fingerprint density at radius 3 is 2.38 bits per heavy atom. The molecule has 2 aromatic rings. The number of aromatic nitrogens is 1. The molecule has 8 nitrogen and oxygen atoms in total. The van der Waals surface area contributed by atoms with E-state index in [4.69, 9.17) is 5.10 Å².